The molecule has 8 nitrogen and oxygen atoms in total. The van der Waals surface area contributed by atoms with Gasteiger partial charge in [0.2, 0.25) is 5.91 Å². The first-order chi connectivity index (χ1) is 18.1. The van der Waals surface area contributed by atoms with Gasteiger partial charge in [0.25, 0.3) is 0 Å². The smallest absolute Gasteiger partial charge is 0.407 e. The first kappa shape index (κ1) is 24.4. The molecule has 1 heterocycles. The monoisotopic (exact) mass is 511 g/mol. The van der Waals surface area contributed by atoms with Crippen LogP contribution in [0.5, 0.6) is 0 Å². The van der Waals surface area contributed by atoms with E-state index in [1.54, 1.807) is 18.2 Å². The molecule has 2 amide bonds. The standard InChI is InChI=1S/C28H25N5O3S/c29-13-5-10-24(27(34)31-17-11-12-23-25(14-17)37-26(15-30)32-23)33-28(35)36-16-22-20-8-3-1-6-18(20)19-7-2-4-9-21(19)22/h1-4,6-9,11-12,14,22,24H,5,10,13,16,29H2,(H,31,34)(H,33,35)/t24-/m0/s1. The number of nitrogens with one attached hydrogen (secondary N) is 2. The number of fused-ring (bicyclic) bond motifs is 4. The van der Waals surface area contributed by atoms with Crippen LogP contribution in [-0.2, 0) is 9.53 Å². The van der Waals surface area contributed by atoms with Crippen LogP contribution in [0.25, 0.3) is 21.3 Å². The molecule has 37 heavy (non-hydrogen) atoms. The highest BCUT2D eigenvalue weighted by Gasteiger charge is 2.29. The molecule has 1 aliphatic rings. The number of carbonyl (C=O) groups is 2. The van der Waals surface area contributed by atoms with Crippen LogP contribution in [-0.4, -0.2) is 36.2 Å². The molecule has 0 bridgehead atoms. The molecular weight excluding hydrogens is 486 g/mol. The summed E-state index contributed by atoms with van der Waals surface area (Å²) in [6, 6.07) is 22.7. The second-order valence-corrected chi connectivity index (χ2v) is 9.79. The van der Waals surface area contributed by atoms with E-state index in [2.05, 4.69) is 39.9 Å². The average molecular weight is 512 g/mol. The largest absolute Gasteiger partial charge is 0.449 e. The van der Waals surface area contributed by atoms with Gasteiger partial charge >= 0.3 is 6.09 Å². The SMILES string of the molecule is N#Cc1nc2ccc(NC(=O)[C@H](CCCN)NC(=O)OCC3c4ccccc4-c4ccccc43)cc2s1. The van der Waals surface area contributed by atoms with Crippen molar-refractivity contribution >= 4 is 39.2 Å². The number of ether oxygens (including phenoxy) is 1. The quantitative estimate of drug-likeness (QED) is 0.313. The van der Waals surface area contributed by atoms with Crippen LogP contribution in [0.3, 0.4) is 0 Å². The van der Waals surface area contributed by atoms with Crippen LogP contribution >= 0.6 is 11.3 Å². The lowest BCUT2D eigenvalue weighted by molar-refractivity contribution is -0.118. The number of benzene rings is 3. The Bertz CT molecular complexity index is 1460. The van der Waals surface area contributed by atoms with Crippen molar-refractivity contribution in [3.8, 4) is 17.2 Å². The zero-order valence-corrected chi connectivity index (χ0v) is 20.8. The molecule has 9 heteroatoms. The van der Waals surface area contributed by atoms with Gasteiger partial charge in [-0.1, -0.05) is 48.5 Å². The zero-order chi connectivity index (χ0) is 25.8. The van der Waals surface area contributed by atoms with Gasteiger partial charge in [-0.05, 0) is 59.8 Å². The molecule has 1 aliphatic carbocycles. The second kappa shape index (κ2) is 10.8. The maximum Gasteiger partial charge on any atom is 0.407 e. The molecule has 4 N–H and O–H groups in total. The molecule has 0 saturated heterocycles. The highest BCUT2D eigenvalue weighted by Crippen LogP contribution is 2.44. The Morgan fingerprint density at radius 3 is 2.46 bits per heavy atom. The Morgan fingerprint density at radius 1 is 1.08 bits per heavy atom. The van der Waals surface area contributed by atoms with Crippen molar-refractivity contribution in [3.63, 3.8) is 0 Å². The first-order valence-electron chi connectivity index (χ1n) is 12.0. The summed E-state index contributed by atoms with van der Waals surface area (Å²) in [6.45, 7) is 0.550. The Balaban J connectivity index is 1.25. The Labute approximate surface area is 218 Å². The van der Waals surface area contributed by atoms with E-state index in [0.717, 1.165) is 27.0 Å². The number of nitrogens with two attached hydrogens (primary N) is 1. The number of amides is 2. The normalized spacial score (nSPS) is 12.9. The number of nitrogens with zero attached hydrogens (tertiary/aromatic N) is 2. The van der Waals surface area contributed by atoms with Crippen molar-refractivity contribution in [1.82, 2.24) is 10.3 Å². The minimum absolute atomic E-state index is 0.0705. The number of anilines is 1. The minimum Gasteiger partial charge on any atom is -0.449 e. The minimum atomic E-state index is -0.814. The van der Waals surface area contributed by atoms with Crippen LogP contribution in [0.1, 0.15) is 34.9 Å². The Hall–Kier alpha value is -4.26. The summed E-state index contributed by atoms with van der Waals surface area (Å²) in [6.07, 6.45) is 0.269. The van der Waals surface area contributed by atoms with E-state index in [-0.39, 0.29) is 18.4 Å². The number of thiazole rings is 1. The van der Waals surface area contributed by atoms with E-state index >= 15 is 0 Å². The predicted octanol–water partition coefficient (Wildman–Crippen LogP) is 4.75. The molecule has 0 unspecified atom stereocenters. The van der Waals surface area contributed by atoms with E-state index in [0.29, 0.717) is 35.6 Å². The summed E-state index contributed by atoms with van der Waals surface area (Å²) in [5.74, 6) is -0.440. The summed E-state index contributed by atoms with van der Waals surface area (Å²) >= 11 is 1.25. The fourth-order valence-corrected chi connectivity index (χ4v) is 5.45. The van der Waals surface area contributed by atoms with Gasteiger partial charge in [0.15, 0.2) is 5.01 Å². The highest BCUT2D eigenvalue weighted by molar-refractivity contribution is 7.19. The van der Waals surface area contributed by atoms with E-state index in [1.807, 2.05) is 30.3 Å². The lowest BCUT2D eigenvalue weighted by atomic mass is 9.98. The number of rotatable bonds is 8. The molecule has 0 radical (unpaired) electrons. The van der Waals surface area contributed by atoms with E-state index in [1.165, 1.54) is 11.3 Å². The molecule has 186 valence electrons. The molecule has 0 aliphatic heterocycles. The first-order valence-corrected chi connectivity index (χ1v) is 12.8. The maximum atomic E-state index is 13.1. The van der Waals surface area contributed by atoms with Gasteiger partial charge in [-0.15, -0.1) is 11.3 Å². The third kappa shape index (κ3) is 5.16. The number of nitriles is 1. The number of aromatic nitrogens is 1. The van der Waals surface area contributed by atoms with Gasteiger partial charge in [-0.3, -0.25) is 4.79 Å². The van der Waals surface area contributed by atoms with Gasteiger partial charge in [0.05, 0.1) is 10.2 Å². The number of hydrogen-bond acceptors (Lipinski definition) is 7. The van der Waals surface area contributed by atoms with Crippen LogP contribution < -0.4 is 16.4 Å². The summed E-state index contributed by atoms with van der Waals surface area (Å²) < 4.78 is 6.41. The van der Waals surface area contributed by atoms with Crippen molar-refractivity contribution in [1.29, 1.82) is 5.26 Å². The highest BCUT2D eigenvalue weighted by atomic mass is 32.1. The molecular formula is C28H25N5O3S. The average Bonchev–Trinajstić information content (AvgIpc) is 3.48. The molecule has 5 rings (SSSR count). The third-order valence-electron chi connectivity index (χ3n) is 6.40. The number of hydrogen-bond donors (Lipinski definition) is 3. The number of carbonyl (C=O) groups excluding carboxylic acids is 2. The van der Waals surface area contributed by atoms with Gasteiger partial charge < -0.3 is 21.1 Å². The topological polar surface area (TPSA) is 130 Å². The zero-order valence-electron chi connectivity index (χ0n) is 19.9. The third-order valence-corrected chi connectivity index (χ3v) is 7.32. The van der Waals surface area contributed by atoms with Gasteiger partial charge in [0.1, 0.15) is 18.7 Å². The second-order valence-electron chi connectivity index (χ2n) is 8.76. The fraction of sp³-hybridized carbons (Fsp3) is 0.214. The molecule has 1 atom stereocenters. The molecule has 1 aromatic heterocycles. The van der Waals surface area contributed by atoms with Gasteiger partial charge in [0, 0.05) is 11.6 Å². The maximum absolute atomic E-state index is 13.1. The molecule has 3 aromatic carbocycles. The van der Waals surface area contributed by atoms with Crippen LogP contribution in [0.2, 0.25) is 0 Å². The van der Waals surface area contributed by atoms with Crippen molar-refractivity contribution in [3.05, 3.63) is 82.9 Å². The van der Waals surface area contributed by atoms with Crippen LogP contribution in [0, 0.1) is 11.3 Å². The lowest BCUT2D eigenvalue weighted by Crippen LogP contribution is -2.44. The molecule has 0 fully saturated rings. The fourth-order valence-electron chi connectivity index (χ4n) is 4.65. The van der Waals surface area contributed by atoms with E-state index in [9.17, 15) is 9.59 Å². The molecule has 0 saturated carbocycles. The van der Waals surface area contributed by atoms with Crippen LogP contribution in [0.4, 0.5) is 10.5 Å². The van der Waals surface area contributed by atoms with Crippen molar-refractivity contribution in [2.75, 3.05) is 18.5 Å². The summed E-state index contributed by atoms with van der Waals surface area (Å²) in [7, 11) is 0. The van der Waals surface area contributed by atoms with E-state index < -0.39 is 12.1 Å². The summed E-state index contributed by atoms with van der Waals surface area (Å²) in [5.41, 5.74) is 11.4. The van der Waals surface area contributed by atoms with Crippen molar-refractivity contribution in [2.45, 2.75) is 24.8 Å². The summed E-state index contributed by atoms with van der Waals surface area (Å²) in [4.78, 5) is 30.0. The molecule has 4 aromatic rings. The van der Waals surface area contributed by atoms with Crippen LogP contribution in [0.15, 0.2) is 66.7 Å². The van der Waals surface area contributed by atoms with E-state index in [4.69, 9.17) is 15.7 Å². The number of alkyl carbamates (subject to hydrolysis) is 1. The van der Waals surface area contributed by atoms with Crippen molar-refractivity contribution < 1.29 is 14.3 Å². The van der Waals surface area contributed by atoms with Crippen molar-refractivity contribution in [2.24, 2.45) is 5.73 Å². The Kier molecular flexibility index (Phi) is 7.12. The lowest BCUT2D eigenvalue weighted by Gasteiger charge is -2.19. The van der Waals surface area contributed by atoms with Gasteiger partial charge in [-0.25, -0.2) is 9.78 Å². The Morgan fingerprint density at radius 2 is 1.78 bits per heavy atom. The predicted molar refractivity (Wildman–Crippen MR) is 143 cm³/mol. The molecule has 0 spiro atoms. The summed E-state index contributed by atoms with van der Waals surface area (Å²) in [5, 5.41) is 15.0. The van der Waals surface area contributed by atoms with Gasteiger partial charge in [-0.2, -0.15) is 5.26 Å².